The highest BCUT2D eigenvalue weighted by molar-refractivity contribution is 5.90. The van der Waals surface area contributed by atoms with Gasteiger partial charge in [0.2, 0.25) is 5.91 Å². The lowest BCUT2D eigenvalue weighted by Crippen LogP contribution is -2.53. The van der Waals surface area contributed by atoms with Crippen molar-refractivity contribution in [1.82, 2.24) is 10.6 Å². The van der Waals surface area contributed by atoms with Crippen LogP contribution < -0.4 is 10.6 Å². The number of ether oxygens (including phenoxy) is 3. The van der Waals surface area contributed by atoms with E-state index in [4.69, 9.17) is 14.2 Å². The molecule has 222 valence electrons. The van der Waals surface area contributed by atoms with Crippen LogP contribution in [-0.4, -0.2) is 41.6 Å². The first-order valence-electron chi connectivity index (χ1n) is 13.8. The van der Waals surface area contributed by atoms with Crippen molar-refractivity contribution < 1.29 is 33.4 Å². The number of rotatable bonds is 13. The van der Waals surface area contributed by atoms with Crippen LogP contribution in [0.1, 0.15) is 50.3 Å². The summed E-state index contributed by atoms with van der Waals surface area (Å²) in [4.78, 5) is 51.7. The van der Waals surface area contributed by atoms with Crippen LogP contribution in [-0.2, 0) is 48.2 Å². The molecule has 3 aromatic carbocycles. The highest BCUT2D eigenvalue weighted by atomic mass is 16.6. The molecule has 3 aromatic rings. The summed E-state index contributed by atoms with van der Waals surface area (Å²) in [5, 5.41) is 5.29. The third kappa shape index (κ3) is 11.8. The second-order valence-corrected chi connectivity index (χ2v) is 10.7. The fourth-order valence-corrected chi connectivity index (χ4v) is 3.93. The molecule has 0 aliphatic carbocycles. The summed E-state index contributed by atoms with van der Waals surface area (Å²) < 4.78 is 16.2. The molecule has 2 unspecified atom stereocenters. The zero-order valence-corrected chi connectivity index (χ0v) is 24.2. The fraction of sp³-hybridized carbons (Fsp3) is 0.333. The van der Waals surface area contributed by atoms with E-state index >= 15 is 0 Å². The minimum Gasteiger partial charge on any atom is -0.461 e. The van der Waals surface area contributed by atoms with Gasteiger partial charge in [0.05, 0.1) is 0 Å². The van der Waals surface area contributed by atoms with E-state index in [1.54, 1.807) is 20.8 Å². The van der Waals surface area contributed by atoms with E-state index < -0.39 is 41.6 Å². The van der Waals surface area contributed by atoms with Crippen LogP contribution >= 0.6 is 0 Å². The molecule has 3 rings (SSSR count). The number of hydrogen-bond acceptors (Lipinski definition) is 7. The third-order valence-corrected chi connectivity index (χ3v) is 5.99. The van der Waals surface area contributed by atoms with Crippen molar-refractivity contribution in [2.24, 2.45) is 0 Å². The quantitative estimate of drug-likeness (QED) is 0.221. The Morgan fingerprint density at radius 1 is 0.667 bits per heavy atom. The predicted molar refractivity (Wildman–Crippen MR) is 157 cm³/mol. The summed E-state index contributed by atoms with van der Waals surface area (Å²) in [7, 11) is 0. The van der Waals surface area contributed by atoms with Gasteiger partial charge in [0.1, 0.15) is 30.9 Å². The highest BCUT2D eigenvalue weighted by Gasteiger charge is 2.30. The van der Waals surface area contributed by atoms with E-state index in [0.717, 1.165) is 16.7 Å². The number of hydrogen-bond donors (Lipinski definition) is 2. The maximum atomic E-state index is 13.5. The molecule has 42 heavy (non-hydrogen) atoms. The average Bonchev–Trinajstić information content (AvgIpc) is 2.97. The van der Waals surface area contributed by atoms with Crippen LogP contribution in [0.5, 0.6) is 0 Å². The van der Waals surface area contributed by atoms with Crippen LogP contribution in [0.4, 0.5) is 4.79 Å². The second kappa shape index (κ2) is 16.0. The number of amides is 2. The Hall–Kier alpha value is -4.66. The van der Waals surface area contributed by atoms with Gasteiger partial charge in [-0.25, -0.2) is 9.59 Å². The molecule has 9 nitrogen and oxygen atoms in total. The second-order valence-electron chi connectivity index (χ2n) is 10.7. The number of carbonyl (C=O) groups excluding carboxylic acids is 4. The highest BCUT2D eigenvalue weighted by Crippen LogP contribution is 2.11. The van der Waals surface area contributed by atoms with Crippen molar-refractivity contribution >= 4 is 23.9 Å². The monoisotopic (exact) mass is 574 g/mol. The molecule has 9 heteroatoms. The van der Waals surface area contributed by atoms with Gasteiger partial charge in [-0.1, -0.05) is 91.0 Å². The SMILES string of the molecule is CC(C)(C)OC(=O)NC(Cc1ccccc1)C(=O)NC(CCC(=O)OCc1ccccc1)C(=O)OCc1ccccc1. The first-order chi connectivity index (χ1) is 20.1. The molecule has 0 spiro atoms. The van der Waals surface area contributed by atoms with Gasteiger partial charge in [0.25, 0.3) is 0 Å². The van der Waals surface area contributed by atoms with Crippen LogP contribution in [0, 0.1) is 0 Å². The lowest BCUT2D eigenvalue weighted by atomic mass is 10.0. The summed E-state index contributed by atoms with van der Waals surface area (Å²) in [6.45, 7) is 5.24. The molecule has 0 heterocycles. The van der Waals surface area contributed by atoms with Crippen molar-refractivity contribution in [3.63, 3.8) is 0 Å². The number of benzene rings is 3. The van der Waals surface area contributed by atoms with Crippen molar-refractivity contribution in [2.45, 2.75) is 70.9 Å². The number of esters is 2. The Kier molecular flexibility index (Phi) is 12.1. The summed E-state index contributed by atoms with van der Waals surface area (Å²) in [6, 6.07) is 25.2. The molecule has 0 aliphatic rings. The number of alkyl carbamates (subject to hydrolysis) is 1. The maximum Gasteiger partial charge on any atom is 0.408 e. The van der Waals surface area contributed by atoms with E-state index in [0.29, 0.717) is 0 Å². The van der Waals surface area contributed by atoms with Crippen LogP contribution in [0.15, 0.2) is 91.0 Å². The van der Waals surface area contributed by atoms with E-state index in [1.807, 2.05) is 91.0 Å². The molecule has 0 saturated heterocycles. The largest absolute Gasteiger partial charge is 0.461 e. The van der Waals surface area contributed by atoms with Crippen molar-refractivity contribution in [3.05, 3.63) is 108 Å². The minimum absolute atomic E-state index is 0.00585. The van der Waals surface area contributed by atoms with Gasteiger partial charge in [-0.2, -0.15) is 0 Å². The Labute approximate surface area is 246 Å². The zero-order chi connectivity index (χ0) is 30.4. The summed E-state index contributed by atoms with van der Waals surface area (Å²) in [5.74, 6) is -1.86. The first-order valence-corrected chi connectivity index (χ1v) is 13.8. The van der Waals surface area contributed by atoms with Gasteiger partial charge in [-0.3, -0.25) is 9.59 Å². The maximum absolute atomic E-state index is 13.5. The molecule has 0 saturated carbocycles. The lowest BCUT2D eigenvalue weighted by Gasteiger charge is -2.25. The summed E-state index contributed by atoms with van der Waals surface area (Å²) in [5.41, 5.74) is 1.62. The van der Waals surface area contributed by atoms with Crippen LogP contribution in [0.25, 0.3) is 0 Å². The number of carbonyl (C=O) groups is 4. The smallest absolute Gasteiger partial charge is 0.408 e. The van der Waals surface area contributed by atoms with Gasteiger partial charge in [0.15, 0.2) is 0 Å². The summed E-state index contributed by atoms with van der Waals surface area (Å²) in [6.07, 6.45) is -0.818. The van der Waals surface area contributed by atoms with Gasteiger partial charge in [0, 0.05) is 12.8 Å². The Bertz CT molecular complexity index is 1290. The third-order valence-electron chi connectivity index (χ3n) is 5.99. The summed E-state index contributed by atoms with van der Waals surface area (Å²) >= 11 is 0. The normalized spacial score (nSPS) is 12.4. The van der Waals surface area contributed by atoms with E-state index in [9.17, 15) is 19.2 Å². The van der Waals surface area contributed by atoms with Crippen molar-refractivity contribution in [1.29, 1.82) is 0 Å². The molecule has 2 N–H and O–H groups in total. The molecule has 0 aliphatic heterocycles. The molecule has 2 amide bonds. The van der Waals surface area contributed by atoms with Crippen molar-refractivity contribution in [3.8, 4) is 0 Å². The van der Waals surface area contributed by atoms with Gasteiger partial charge >= 0.3 is 18.0 Å². The molecular formula is C33H38N2O7. The van der Waals surface area contributed by atoms with E-state index in [1.165, 1.54) is 0 Å². The average molecular weight is 575 g/mol. The van der Waals surface area contributed by atoms with Crippen molar-refractivity contribution in [2.75, 3.05) is 0 Å². The Balaban J connectivity index is 1.70. The van der Waals surface area contributed by atoms with Gasteiger partial charge in [-0.15, -0.1) is 0 Å². The van der Waals surface area contributed by atoms with Gasteiger partial charge < -0.3 is 24.8 Å². The zero-order valence-electron chi connectivity index (χ0n) is 24.2. The van der Waals surface area contributed by atoms with Crippen LogP contribution in [0.3, 0.4) is 0 Å². The molecule has 2 atom stereocenters. The van der Waals surface area contributed by atoms with Gasteiger partial charge in [-0.05, 0) is 43.9 Å². The predicted octanol–water partition coefficient (Wildman–Crippen LogP) is 4.87. The Morgan fingerprint density at radius 3 is 1.69 bits per heavy atom. The van der Waals surface area contributed by atoms with Crippen LogP contribution in [0.2, 0.25) is 0 Å². The molecular weight excluding hydrogens is 536 g/mol. The molecule has 0 fully saturated rings. The number of nitrogens with one attached hydrogen (secondary N) is 2. The molecule has 0 bridgehead atoms. The van der Waals surface area contributed by atoms with E-state index in [-0.39, 0.29) is 32.5 Å². The molecule has 0 radical (unpaired) electrons. The van der Waals surface area contributed by atoms with E-state index in [2.05, 4.69) is 10.6 Å². The lowest BCUT2D eigenvalue weighted by molar-refractivity contribution is -0.150. The fourth-order valence-electron chi connectivity index (χ4n) is 3.93. The Morgan fingerprint density at radius 2 is 1.17 bits per heavy atom. The first kappa shape index (κ1) is 31.9. The molecule has 0 aromatic heterocycles. The minimum atomic E-state index is -1.16. The standard InChI is InChI=1S/C33H38N2O7/c1-33(2,3)42-32(39)35-28(21-24-13-7-4-8-14-24)30(37)34-27(31(38)41-23-26-17-11-6-12-18-26)19-20-29(36)40-22-25-15-9-5-10-16-25/h4-18,27-28H,19-23H2,1-3H3,(H,34,37)(H,35,39). The topological polar surface area (TPSA) is 120 Å².